The predicted molar refractivity (Wildman–Crippen MR) is 92.5 cm³/mol. The lowest BCUT2D eigenvalue weighted by Crippen LogP contribution is -2.31. The van der Waals surface area contributed by atoms with Crippen LogP contribution in [-0.4, -0.2) is 26.2 Å². The molecule has 0 aromatic heterocycles. The van der Waals surface area contributed by atoms with Gasteiger partial charge in [-0.15, -0.1) is 0 Å². The van der Waals surface area contributed by atoms with E-state index < -0.39 is 0 Å². The summed E-state index contributed by atoms with van der Waals surface area (Å²) in [5, 5.41) is 9.29. The van der Waals surface area contributed by atoms with Gasteiger partial charge in [-0.25, -0.2) is 0 Å². The summed E-state index contributed by atoms with van der Waals surface area (Å²) in [6.07, 6.45) is 0. The van der Waals surface area contributed by atoms with Crippen molar-refractivity contribution in [1.29, 1.82) is 0 Å². The highest BCUT2D eigenvalue weighted by molar-refractivity contribution is 5.88. The van der Waals surface area contributed by atoms with Crippen LogP contribution < -0.4 is 20.7 Å². The lowest BCUT2D eigenvalue weighted by molar-refractivity contribution is -0.114. The third kappa shape index (κ3) is 5.73. The van der Waals surface area contributed by atoms with Crippen molar-refractivity contribution in [2.75, 3.05) is 25.6 Å². The fourth-order valence-electron chi connectivity index (χ4n) is 2.28. The number of benzene rings is 2. The molecule has 0 aliphatic heterocycles. The van der Waals surface area contributed by atoms with Gasteiger partial charge in [0.15, 0.2) is 0 Å². The lowest BCUT2D eigenvalue weighted by atomic mass is 10.1. The molecule has 2 rings (SSSR count). The van der Waals surface area contributed by atoms with Crippen LogP contribution in [0.3, 0.4) is 0 Å². The summed E-state index contributed by atoms with van der Waals surface area (Å²) in [7, 11) is 1.94. The second-order valence-electron chi connectivity index (χ2n) is 5.20. The quantitative estimate of drug-likeness (QED) is 0.518. The third-order valence-corrected chi connectivity index (χ3v) is 3.39. The summed E-state index contributed by atoms with van der Waals surface area (Å²) < 4.78 is 5.67. The van der Waals surface area contributed by atoms with Crippen molar-refractivity contribution in [3.63, 3.8) is 0 Å². The van der Waals surface area contributed by atoms with E-state index in [2.05, 4.69) is 28.1 Å². The Hall–Kier alpha value is -2.37. The van der Waals surface area contributed by atoms with Crippen LogP contribution in [0, 0.1) is 0 Å². The molecule has 0 heterocycles. The molecule has 2 aromatic carbocycles. The van der Waals surface area contributed by atoms with Crippen LogP contribution in [0.4, 0.5) is 5.69 Å². The maximum absolute atomic E-state index is 11.1. The monoisotopic (exact) mass is 313 g/mol. The standard InChI is InChI=1S/C18H23N3O2/c1-14(22)21-16-9-6-10-17(11-16)23-13-20-12-18(19-2)15-7-4-3-5-8-15/h3-11,18-20H,12-13H2,1-2H3,(H,21,22). The molecule has 2 aromatic rings. The molecule has 1 amide bonds. The van der Waals surface area contributed by atoms with Crippen LogP contribution in [0.25, 0.3) is 0 Å². The highest BCUT2D eigenvalue weighted by Crippen LogP contribution is 2.17. The van der Waals surface area contributed by atoms with Crippen LogP contribution in [-0.2, 0) is 4.79 Å². The highest BCUT2D eigenvalue weighted by atomic mass is 16.5. The summed E-state index contributed by atoms with van der Waals surface area (Å²) in [6.45, 7) is 2.64. The molecule has 1 unspecified atom stereocenters. The highest BCUT2D eigenvalue weighted by Gasteiger charge is 2.07. The summed E-state index contributed by atoms with van der Waals surface area (Å²) in [5.41, 5.74) is 1.96. The molecule has 0 spiro atoms. The molecule has 5 heteroatoms. The molecular formula is C18H23N3O2. The van der Waals surface area contributed by atoms with Crippen molar-refractivity contribution in [2.45, 2.75) is 13.0 Å². The van der Waals surface area contributed by atoms with Gasteiger partial charge in [0.25, 0.3) is 0 Å². The number of carbonyl (C=O) groups is 1. The molecule has 23 heavy (non-hydrogen) atoms. The Labute approximate surface area is 137 Å². The van der Waals surface area contributed by atoms with Gasteiger partial charge in [0.2, 0.25) is 5.91 Å². The van der Waals surface area contributed by atoms with Crippen molar-refractivity contribution in [1.82, 2.24) is 10.6 Å². The number of likely N-dealkylation sites (N-methyl/N-ethyl adjacent to an activating group) is 1. The van der Waals surface area contributed by atoms with Gasteiger partial charge < -0.3 is 15.4 Å². The first kappa shape index (κ1) is 17.0. The molecule has 0 fully saturated rings. The molecule has 5 nitrogen and oxygen atoms in total. The minimum absolute atomic E-state index is 0.0972. The average Bonchev–Trinajstić information content (AvgIpc) is 2.55. The molecular weight excluding hydrogens is 290 g/mol. The first-order valence-electron chi connectivity index (χ1n) is 7.62. The molecule has 0 saturated heterocycles. The van der Waals surface area contributed by atoms with E-state index in [0.29, 0.717) is 12.5 Å². The second-order valence-corrected chi connectivity index (χ2v) is 5.20. The number of anilines is 1. The van der Waals surface area contributed by atoms with E-state index in [1.165, 1.54) is 12.5 Å². The van der Waals surface area contributed by atoms with Crippen molar-refractivity contribution in [3.05, 3.63) is 60.2 Å². The van der Waals surface area contributed by atoms with Crippen molar-refractivity contribution < 1.29 is 9.53 Å². The van der Waals surface area contributed by atoms with Gasteiger partial charge in [-0.1, -0.05) is 36.4 Å². The third-order valence-electron chi connectivity index (χ3n) is 3.39. The molecule has 0 radical (unpaired) electrons. The Bertz CT molecular complexity index is 617. The summed E-state index contributed by atoms with van der Waals surface area (Å²) in [4.78, 5) is 11.1. The van der Waals surface area contributed by atoms with Gasteiger partial charge in [0.1, 0.15) is 12.5 Å². The zero-order valence-corrected chi connectivity index (χ0v) is 13.5. The Balaban J connectivity index is 1.79. The van der Waals surface area contributed by atoms with Crippen LogP contribution in [0.5, 0.6) is 5.75 Å². The number of carbonyl (C=O) groups excluding carboxylic acids is 1. The van der Waals surface area contributed by atoms with E-state index in [1.54, 1.807) is 6.07 Å². The Morgan fingerprint density at radius 3 is 2.61 bits per heavy atom. The Morgan fingerprint density at radius 1 is 1.13 bits per heavy atom. The number of rotatable bonds is 8. The first-order chi connectivity index (χ1) is 11.2. The van der Waals surface area contributed by atoms with Crippen LogP contribution >= 0.6 is 0 Å². The number of amides is 1. The van der Waals surface area contributed by atoms with Gasteiger partial charge in [0, 0.05) is 31.3 Å². The van der Waals surface area contributed by atoms with Gasteiger partial charge in [-0.2, -0.15) is 0 Å². The van der Waals surface area contributed by atoms with Crippen LogP contribution in [0.2, 0.25) is 0 Å². The van der Waals surface area contributed by atoms with Gasteiger partial charge in [-0.05, 0) is 24.7 Å². The topological polar surface area (TPSA) is 62.4 Å². The molecule has 1 atom stereocenters. The smallest absolute Gasteiger partial charge is 0.221 e. The average molecular weight is 313 g/mol. The number of nitrogens with one attached hydrogen (secondary N) is 3. The second kappa shape index (κ2) is 8.92. The summed E-state index contributed by atoms with van der Waals surface area (Å²) >= 11 is 0. The zero-order valence-electron chi connectivity index (χ0n) is 13.5. The molecule has 0 bridgehead atoms. The molecule has 122 valence electrons. The van der Waals surface area contributed by atoms with Crippen molar-refractivity contribution >= 4 is 11.6 Å². The fourth-order valence-corrected chi connectivity index (χ4v) is 2.28. The molecule has 3 N–H and O–H groups in total. The van der Waals surface area contributed by atoms with E-state index in [-0.39, 0.29) is 11.9 Å². The normalized spacial score (nSPS) is 11.7. The summed E-state index contributed by atoms with van der Waals surface area (Å²) in [5.74, 6) is 0.615. The number of hydrogen-bond acceptors (Lipinski definition) is 4. The van der Waals surface area contributed by atoms with Crippen LogP contribution in [0.15, 0.2) is 54.6 Å². The van der Waals surface area contributed by atoms with Crippen molar-refractivity contribution in [3.8, 4) is 5.75 Å². The SMILES string of the molecule is CNC(CNCOc1cccc(NC(C)=O)c1)c1ccccc1. The van der Waals surface area contributed by atoms with Gasteiger partial charge in [0.05, 0.1) is 0 Å². The lowest BCUT2D eigenvalue weighted by Gasteiger charge is -2.17. The number of ether oxygens (including phenoxy) is 1. The number of hydrogen-bond donors (Lipinski definition) is 3. The summed E-state index contributed by atoms with van der Waals surface area (Å²) in [6, 6.07) is 17.8. The zero-order chi connectivity index (χ0) is 16.5. The van der Waals surface area contributed by atoms with Crippen molar-refractivity contribution in [2.24, 2.45) is 0 Å². The van der Waals surface area contributed by atoms with E-state index in [1.807, 2.05) is 43.4 Å². The predicted octanol–water partition coefficient (Wildman–Crippen LogP) is 2.53. The molecule has 0 aliphatic carbocycles. The Kier molecular flexibility index (Phi) is 6.59. The van der Waals surface area contributed by atoms with Crippen LogP contribution in [0.1, 0.15) is 18.5 Å². The maximum atomic E-state index is 11.1. The minimum atomic E-state index is -0.0972. The van der Waals surface area contributed by atoms with E-state index in [0.717, 1.165) is 12.2 Å². The molecule has 0 saturated carbocycles. The van der Waals surface area contributed by atoms with Gasteiger partial charge >= 0.3 is 0 Å². The maximum Gasteiger partial charge on any atom is 0.221 e. The van der Waals surface area contributed by atoms with Gasteiger partial charge in [-0.3, -0.25) is 10.1 Å². The van der Waals surface area contributed by atoms with E-state index in [9.17, 15) is 4.79 Å². The minimum Gasteiger partial charge on any atom is -0.478 e. The first-order valence-corrected chi connectivity index (χ1v) is 7.62. The Morgan fingerprint density at radius 2 is 1.91 bits per heavy atom. The van der Waals surface area contributed by atoms with E-state index in [4.69, 9.17) is 4.74 Å². The fraction of sp³-hybridized carbons (Fsp3) is 0.278. The molecule has 0 aliphatic rings. The van der Waals surface area contributed by atoms with E-state index >= 15 is 0 Å². The largest absolute Gasteiger partial charge is 0.478 e.